The van der Waals surface area contributed by atoms with Crippen molar-refractivity contribution in [3.63, 3.8) is 0 Å². The van der Waals surface area contributed by atoms with Gasteiger partial charge in [-0.25, -0.2) is 9.59 Å². The normalized spacial score (nSPS) is 18.1. The molecule has 116 valence electrons. The lowest BCUT2D eigenvalue weighted by Gasteiger charge is -2.34. The highest BCUT2D eigenvalue weighted by Gasteiger charge is 2.27. The van der Waals surface area contributed by atoms with Crippen LogP contribution in [0.15, 0.2) is 0 Å². The first-order valence-corrected chi connectivity index (χ1v) is 7.74. The molecular formula is C15H28N2O3. The van der Waals surface area contributed by atoms with E-state index in [2.05, 4.69) is 19.2 Å². The van der Waals surface area contributed by atoms with Crippen LogP contribution in [-0.2, 0) is 4.79 Å². The molecule has 0 aromatic carbocycles. The number of carboxylic acid groups (broad SMARTS) is 1. The second-order valence-corrected chi connectivity index (χ2v) is 6.05. The van der Waals surface area contributed by atoms with Crippen molar-refractivity contribution >= 4 is 12.0 Å². The van der Waals surface area contributed by atoms with Crippen LogP contribution in [0, 0.1) is 11.8 Å². The summed E-state index contributed by atoms with van der Waals surface area (Å²) in [7, 11) is 0. The van der Waals surface area contributed by atoms with Crippen LogP contribution in [0.5, 0.6) is 0 Å². The first-order chi connectivity index (χ1) is 9.45. The number of nitrogens with zero attached hydrogens (tertiary/aromatic N) is 1. The number of unbranched alkanes of at least 4 members (excludes halogenated alkanes) is 1. The first kappa shape index (κ1) is 16.8. The summed E-state index contributed by atoms with van der Waals surface area (Å²) >= 11 is 0. The van der Waals surface area contributed by atoms with Gasteiger partial charge >= 0.3 is 12.0 Å². The van der Waals surface area contributed by atoms with Gasteiger partial charge in [0.05, 0.1) is 0 Å². The molecular weight excluding hydrogens is 256 g/mol. The minimum Gasteiger partial charge on any atom is -0.480 e. The Bertz CT molecular complexity index is 323. The number of carbonyl (C=O) groups is 2. The van der Waals surface area contributed by atoms with Gasteiger partial charge in [-0.05, 0) is 31.1 Å². The summed E-state index contributed by atoms with van der Waals surface area (Å²) < 4.78 is 0. The highest BCUT2D eigenvalue weighted by Crippen LogP contribution is 2.24. The minimum absolute atomic E-state index is 0.226. The minimum atomic E-state index is -0.941. The predicted octanol–water partition coefficient (Wildman–Crippen LogP) is 2.71. The zero-order valence-corrected chi connectivity index (χ0v) is 12.9. The molecule has 1 atom stereocenters. The third-order valence-electron chi connectivity index (χ3n) is 4.21. The lowest BCUT2D eigenvalue weighted by atomic mass is 9.87. The van der Waals surface area contributed by atoms with Crippen molar-refractivity contribution in [1.82, 2.24) is 10.2 Å². The number of piperidine rings is 1. The highest BCUT2D eigenvalue weighted by atomic mass is 16.4. The number of amides is 2. The van der Waals surface area contributed by atoms with Crippen molar-refractivity contribution in [2.24, 2.45) is 11.8 Å². The molecule has 1 rings (SSSR count). The van der Waals surface area contributed by atoms with E-state index in [1.165, 1.54) is 0 Å². The average Bonchev–Trinajstić information content (AvgIpc) is 2.42. The number of likely N-dealkylation sites (tertiary alicyclic amines) is 1. The van der Waals surface area contributed by atoms with E-state index in [9.17, 15) is 9.59 Å². The van der Waals surface area contributed by atoms with Crippen LogP contribution in [0.1, 0.15) is 52.9 Å². The molecule has 0 aromatic heterocycles. The van der Waals surface area contributed by atoms with Crippen molar-refractivity contribution in [3.8, 4) is 0 Å². The van der Waals surface area contributed by atoms with E-state index in [1.807, 2.05) is 6.92 Å². The summed E-state index contributed by atoms with van der Waals surface area (Å²) in [5, 5.41) is 11.8. The van der Waals surface area contributed by atoms with Gasteiger partial charge in [0, 0.05) is 13.1 Å². The van der Waals surface area contributed by atoms with E-state index in [4.69, 9.17) is 5.11 Å². The van der Waals surface area contributed by atoms with Crippen LogP contribution >= 0.6 is 0 Å². The molecule has 0 spiro atoms. The molecule has 20 heavy (non-hydrogen) atoms. The van der Waals surface area contributed by atoms with Crippen LogP contribution in [0.2, 0.25) is 0 Å². The smallest absolute Gasteiger partial charge is 0.326 e. The van der Waals surface area contributed by atoms with E-state index in [1.54, 1.807) is 4.90 Å². The molecule has 1 heterocycles. The quantitative estimate of drug-likeness (QED) is 0.788. The first-order valence-electron chi connectivity index (χ1n) is 7.74. The van der Waals surface area contributed by atoms with Gasteiger partial charge in [0.2, 0.25) is 0 Å². The monoisotopic (exact) mass is 284 g/mol. The maximum atomic E-state index is 12.1. The Balaban J connectivity index is 2.43. The number of urea groups is 1. The number of hydrogen-bond donors (Lipinski definition) is 2. The van der Waals surface area contributed by atoms with Crippen molar-refractivity contribution < 1.29 is 14.7 Å². The van der Waals surface area contributed by atoms with Crippen molar-refractivity contribution in [3.05, 3.63) is 0 Å². The zero-order chi connectivity index (χ0) is 15.1. The third kappa shape index (κ3) is 5.02. The fraction of sp³-hybridized carbons (Fsp3) is 0.867. The molecule has 0 saturated carbocycles. The summed E-state index contributed by atoms with van der Waals surface area (Å²) in [5.41, 5.74) is 0. The molecule has 0 radical (unpaired) electrons. The summed E-state index contributed by atoms with van der Waals surface area (Å²) in [5.74, 6) is 0.384. The predicted molar refractivity (Wildman–Crippen MR) is 78.6 cm³/mol. The Labute approximate surface area is 121 Å². The van der Waals surface area contributed by atoms with Gasteiger partial charge in [0.1, 0.15) is 6.04 Å². The van der Waals surface area contributed by atoms with Crippen LogP contribution in [-0.4, -0.2) is 41.1 Å². The number of carbonyl (C=O) groups excluding carboxylic acids is 1. The highest BCUT2D eigenvalue weighted by molar-refractivity contribution is 5.82. The molecule has 0 aliphatic carbocycles. The molecule has 1 aliphatic heterocycles. The number of rotatable bonds is 6. The lowest BCUT2D eigenvalue weighted by Crippen LogP contribution is -2.50. The number of aliphatic carboxylic acids is 1. The van der Waals surface area contributed by atoms with Gasteiger partial charge in [0.25, 0.3) is 0 Å². The molecule has 1 aliphatic rings. The van der Waals surface area contributed by atoms with Crippen molar-refractivity contribution in [2.45, 2.75) is 58.9 Å². The topological polar surface area (TPSA) is 69.6 Å². The molecule has 0 aromatic rings. The average molecular weight is 284 g/mol. The Morgan fingerprint density at radius 3 is 2.35 bits per heavy atom. The fourth-order valence-corrected chi connectivity index (χ4v) is 2.68. The second-order valence-electron chi connectivity index (χ2n) is 6.05. The summed E-state index contributed by atoms with van der Waals surface area (Å²) in [4.78, 5) is 25.0. The molecule has 0 bridgehead atoms. The van der Waals surface area contributed by atoms with Crippen LogP contribution in [0.4, 0.5) is 4.79 Å². The van der Waals surface area contributed by atoms with Gasteiger partial charge in [-0.1, -0.05) is 33.6 Å². The molecule has 1 fully saturated rings. The molecule has 2 N–H and O–H groups in total. The van der Waals surface area contributed by atoms with Crippen molar-refractivity contribution in [2.75, 3.05) is 13.1 Å². The van der Waals surface area contributed by atoms with Gasteiger partial charge in [-0.3, -0.25) is 0 Å². The largest absolute Gasteiger partial charge is 0.480 e. The fourth-order valence-electron chi connectivity index (χ4n) is 2.68. The zero-order valence-electron chi connectivity index (χ0n) is 12.9. The molecule has 5 heteroatoms. The van der Waals surface area contributed by atoms with E-state index in [-0.39, 0.29) is 6.03 Å². The Kier molecular flexibility index (Phi) is 6.82. The number of nitrogens with one attached hydrogen (secondary N) is 1. The van der Waals surface area contributed by atoms with E-state index < -0.39 is 12.0 Å². The van der Waals surface area contributed by atoms with Crippen molar-refractivity contribution in [1.29, 1.82) is 0 Å². The van der Waals surface area contributed by atoms with Crippen LogP contribution < -0.4 is 5.32 Å². The SMILES string of the molecule is CCCC[C@H](NC(=O)N1CCC(C(C)C)CC1)C(=O)O. The number of carboxylic acids is 1. The maximum absolute atomic E-state index is 12.1. The molecule has 0 unspecified atom stereocenters. The third-order valence-corrected chi connectivity index (χ3v) is 4.21. The Morgan fingerprint density at radius 1 is 1.30 bits per heavy atom. The Morgan fingerprint density at radius 2 is 1.90 bits per heavy atom. The van der Waals surface area contributed by atoms with Gasteiger partial charge in [0.15, 0.2) is 0 Å². The molecule has 2 amide bonds. The molecule has 5 nitrogen and oxygen atoms in total. The van der Waals surface area contributed by atoms with E-state index >= 15 is 0 Å². The van der Waals surface area contributed by atoms with Gasteiger partial charge in [-0.15, -0.1) is 0 Å². The second kappa shape index (κ2) is 8.12. The van der Waals surface area contributed by atoms with Gasteiger partial charge in [-0.2, -0.15) is 0 Å². The Hall–Kier alpha value is -1.26. The van der Waals surface area contributed by atoms with E-state index in [0.717, 1.165) is 38.8 Å². The van der Waals surface area contributed by atoms with E-state index in [0.29, 0.717) is 18.3 Å². The summed E-state index contributed by atoms with van der Waals surface area (Å²) in [6, 6.07) is -0.985. The maximum Gasteiger partial charge on any atom is 0.326 e. The number of hydrogen-bond acceptors (Lipinski definition) is 2. The molecule has 1 saturated heterocycles. The van der Waals surface area contributed by atoms with Gasteiger partial charge < -0.3 is 15.3 Å². The summed E-state index contributed by atoms with van der Waals surface area (Å²) in [6.45, 7) is 7.90. The lowest BCUT2D eigenvalue weighted by molar-refractivity contribution is -0.139. The summed E-state index contributed by atoms with van der Waals surface area (Å²) in [6.07, 6.45) is 4.27. The standard InChI is InChI=1S/C15H28N2O3/c1-4-5-6-13(14(18)19)16-15(20)17-9-7-12(8-10-17)11(2)3/h11-13H,4-10H2,1-3H3,(H,16,20)(H,18,19)/t13-/m0/s1. The van der Waals surface area contributed by atoms with Crippen LogP contribution in [0.25, 0.3) is 0 Å². The van der Waals surface area contributed by atoms with Crippen LogP contribution in [0.3, 0.4) is 0 Å².